The molecular weight excluding hydrogens is 260 g/mol. The van der Waals surface area contributed by atoms with Gasteiger partial charge in [0.2, 0.25) is 0 Å². The Labute approximate surface area is 128 Å². The van der Waals surface area contributed by atoms with E-state index in [-0.39, 0.29) is 5.91 Å². The predicted molar refractivity (Wildman–Crippen MR) is 88.7 cm³/mol. The summed E-state index contributed by atoms with van der Waals surface area (Å²) >= 11 is 0. The molecule has 0 aromatic heterocycles. The van der Waals surface area contributed by atoms with Crippen LogP contribution in [0.25, 0.3) is 0 Å². The Hall–Kier alpha value is -1.51. The molecule has 1 aromatic carbocycles. The predicted octanol–water partition coefficient (Wildman–Crippen LogP) is 4.21. The van der Waals surface area contributed by atoms with Gasteiger partial charge < -0.3 is 10.6 Å². The first-order valence-electron chi connectivity index (χ1n) is 8.37. The second-order valence-corrected chi connectivity index (χ2v) is 6.06. The summed E-state index contributed by atoms with van der Waals surface area (Å²) in [6.45, 7) is 4.90. The molecule has 2 rings (SSSR count). The first-order chi connectivity index (χ1) is 10.2. The van der Waals surface area contributed by atoms with Gasteiger partial charge in [0, 0.05) is 23.8 Å². The molecule has 116 valence electrons. The van der Waals surface area contributed by atoms with Crippen molar-refractivity contribution in [3.05, 3.63) is 29.8 Å². The second kappa shape index (κ2) is 8.06. The van der Waals surface area contributed by atoms with E-state index in [2.05, 4.69) is 23.6 Å². The molecule has 3 heteroatoms. The van der Waals surface area contributed by atoms with E-state index in [1.54, 1.807) is 0 Å². The Bertz CT molecular complexity index is 458. The van der Waals surface area contributed by atoms with Gasteiger partial charge in [-0.15, -0.1) is 0 Å². The van der Waals surface area contributed by atoms with Crippen LogP contribution in [0.4, 0.5) is 5.69 Å². The van der Waals surface area contributed by atoms with Gasteiger partial charge in [-0.05, 0) is 50.3 Å². The fourth-order valence-electron chi connectivity index (χ4n) is 3.18. The number of carbonyl (C=O) groups is 1. The van der Waals surface area contributed by atoms with Crippen LogP contribution in [-0.4, -0.2) is 18.5 Å². The van der Waals surface area contributed by atoms with Gasteiger partial charge in [0.1, 0.15) is 0 Å². The normalized spacial score (nSPS) is 22.4. The average Bonchev–Trinajstić information content (AvgIpc) is 2.73. The third kappa shape index (κ3) is 4.76. The smallest absolute Gasteiger partial charge is 0.251 e. The number of amides is 1. The second-order valence-electron chi connectivity index (χ2n) is 6.06. The lowest BCUT2D eigenvalue weighted by atomic mass is 9.98. The van der Waals surface area contributed by atoms with Crippen molar-refractivity contribution < 1.29 is 4.79 Å². The first kappa shape index (κ1) is 15.9. The van der Waals surface area contributed by atoms with E-state index in [1.165, 1.54) is 38.5 Å². The largest absolute Gasteiger partial charge is 0.382 e. The minimum atomic E-state index is 0.00747. The first-order valence-corrected chi connectivity index (χ1v) is 8.37. The molecule has 2 atom stereocenters. The standard InChI is InChI=1S/C18H28N2O/c1-3-14-7-5-9-16(12-11-14)20-17-10-6-8-15(13-17)18(21)19-4-2/h6,8,10,13-14,16,20H,3-5,7,9,11-12H2,1-2H3,(H,19,21). The van der Waals surface area contributed by atoms with Crippen LogP contribution in [0.15, 0.2) is 24.3 Å². The van der Waals surface area contributed by atoms with E-state index in [9.17, 15) is 4.79 Å². The topological polar surface area (TPSA) is 41.1 Å². The molecule has 0 aliphatic heterocycles. The molecular formula is C18H28N2O. The third-order valence-electron chi connectivity index (χ3n) is 4.50. The van der Waals surface area contributed by atoms with Crippen molar-refractivity contribution in [2.75, 3.05) is 11.9 Å². The lowest BCUT2D eigenvalue weighted by Crippen LogP contribution is -2.23. The minimum absolute atomic E-state index is 0.00747. The number of hydrogen-bond donors (Lipinski definition) is 2. The van der Waals surface area contributed by atoms with Gasteiger partial charge in [0.05, 0.1) is 0 Å². The quantitative estimate of drug-likeness (QED) is 0.797. The van der Waals surface area contributed by atoms with Gasteiger partial charge in [0.15, 0.2) is 0 Å². The summed E-state index contributed by atoms with van der Waals surface area (Å²) in [5.41, 5.74) is 1.81. The number of hydrogen-bond acceptors (Lipinski definition) is 2. The maximum absolute atomic E-state index is 11.9. The third-order valence-corrected chi connectivity index (χ3v) is 4.50. The fraction of sp³-hybridized carbons (Fsp3) is 0.611. The molecule has 2 unspecified atom stereocenters. The highest BCUT2D eigenvalue weighted by Gasteiger charge is 2.17. The number of nitrogens with one attached hydrogen (secondary N) is 2. The van der Waals surface area contributed by atoms with Gasteiger partial charge in [-0.2, -0.15) is 0 Å². The molecule has 1 aliphatic carbocycles. The monoisotopic (exact) mass is 288 g/mol. The summed E-state index contributed by atoms with van der Waals surface area (Å²) in [6.07, 6.45) is 7.79. The molecule has 1 aromatic rings. The van der Waals surface area contributed by atoms with E-state index in [0.29, 0.717) is 12.6 Å². The molecule has 21 heavy (non-hydrogen) atoms. The summed E-state index contributed by atoms with van der Waals surface area (Å²) in [4.78, 5) is 11.9. The molecule has 0 spiro atoms. The lowest BCUT2D eigenvalue weighted by Gasteiger charge is -2.18. The summed E-state index contributed by atoms with van der Waals surface area (Å²) in [7, 11) is 0. The van der Waals surface area contributed by atoms with E-state index in [4.69, 9.17) is 0 Å². The molecule has 0 radical (unpaired) electrons. The molecule has 1 amide bonds. The molecule has 3 nitrogen and oxygen atoms in total. The van der Waals surface area contributed by atoms with Gasteiger partial charge >= 0.3 is 0 Å². The number of carbonyl (C=O) groups excluding carboxylic acids is 1. The average molecular weight is 288 g/mol. The zero-order valence-electron chi connectivity index (χ0n) is 13.3. The van der Waals surface area contributed by atoms with Crippen LogP contribution in [0.2, 0.25) is 0 Å². The van der Waals surface area contributed by atoms with Crippen molar-refractivity contribution in [2.45, 2.75) is 58.4 Å². The van der Waals surface area contributed by atoms with Gasteiger partial charge in [-0.1, -0.05) is 32.3 Å². The Morgan fingerprint density at radius 3 is 2.81 bits per heavy atom. The SMILES string of the molecule is CCNC(=O)c1cccc(NC2CCCC(CC)CC2)c1. The molecule has 0 heterocycles. The maximum Gasteiger partial charge on any atom is 0.251 e. The van der Waals surface area contributed by atoms with Gasteiger partial charge in [-0.3, -0.25) is 4.79 Å². The van der Waals surface area contributed by atoms with Crippen molar-refractivity contribution in [1.82, 2.24) is 5.32 Å². The van der Waals surface area contributed by atoms with Crippen molar-refractivity contribution in [3.63, 3.8) is 0 Å². The van der Waals surface area contributed by atoms with E-state index in [1.807, 2.05) is 25.1 Å². The zero-order chi connectivity index (χ0) is 15.1. The maximum atomic E-state index is 11.9. The fourth-order valence-corrected chi connectivity index (χ4v) is 3.18. The summed E-state index contributed by atoms with van der Waals surface area (Å²) < 4.78 is 0. The van der Waals surface area contributed by atoms with Gasteiger partial charge in [0.25, 0.3) is 5.91 Å². The van der Waals surface area contributed by atoms with Crippen LogP contribution in [-0.2, 0) is 0 Å². The van der Waals surface area contributed by atoms with Crippen LogP contribution in [0.3, 0.4) is 0 Å². The Morgan fingerprint density at radius 1 is 1.19 bits per heavy atom. The van der Waals surface area contributed by atoms with Crippen molar-refractivity contribution in [2.24, 2.45) is 5.92 Å². The highest BCUT2D eigenvalue weighted by molar-refractivity contribution is 5.95. The molecule has 0 saturated heterocycles. The highest BCUT2D eigenvalue weighted by atomic mass is 16.1. The van der Waals surface area contributed by atoms with Crippen LogP contribution < -0.4 is 10.6 Å². The number of rotatable bonds is 5. The summed E-state index contributed by atoms with van der Waals surface area (Å²) in [5, 5.41) is 6.47. The molecule has 1 saturated carbocycles. The Kier molecular flexibility index (Phi) is 6.09. The molecule has 2 N–H and O–H groups in total. The van der Waals surface area contributed by atoms with Crippen LogP contribution in [0.5, 0.6) is 0 Å². The Balaban J connectivity index is 1.96. The molecule has 1 aliphatic rings. The summed E-state index contributed by atoms with van der Waals surface area (Å²) in [5.74, 6) is 0.909. The number of anilines is 1. The lowest BCUT2D eigenvalue weighted by molar-refractivity contribution is 0.0956. The van der Waals surface area contributed by atoms with Gasteiger partial charge in [-0.25, -0.2) is 0 Å². The van der Waals surface area contributed by atoms with E-state index in [0.717, 1.165) is 17.2 Å². The minimum Gasteiger partial charge on any atom is -0.382 e. The Morgan fingerprint density at radius 2 is 2.05 bits per heavy atom. The zero-order valence-corrected chi connectivity index (χ0v) is 13.3. The summed E-state index contributed by atoms with van der Waals surface area (Å²) in [6, 6.07) is 8.40. The van der Waals surface area contributed by atoms with E-state index < -0.39 is 0 Å². The molecule has 0 bridgehead atoms. The highest BCUT2D eigenvalue weighted by Crippen LogP contribution is 2.27. The van der Waals surface area contributed by atoms with E-state index >= 15 is 0 Å². The van der Waals surface area contributed by atoms with Crippen LogP contribution in [0, 0.1) is 5.92 Å². The van der Waals surface area contributed by atoms with Crippen molar-refractivity contribution in [3.8, 4) is 0 Å². The van der Waals surface area contributed by atoms with Crippen LogP contribution in [0.1, 0.15) is 62.7 Å². The van der Waals surface area contributed by atoms with Crippen molar-refractivity contribution in [1.29, 1.82) is 0 Å². The van der Waals surface area contributed by atoms with Crippen molar-refractivity contribution >= 4 is 11.6 Å². The molecule has 1 fully saturated rings. The van der Waals surface area contributed by atoms with Crippen LogP contribution >= 0.6 is 0 Å². The number of benzene rings is 1.